The standard InChI is InChI=1S/C16H16F3N3O3S/c1-10-7-8-11(9-20-10)26(24,25)15(2,3)14(23)22-13-6-4-5-12(21-13)16(17,18)19/h4-9H,1-3H3,(H,21,22,23). The molecule has 0 saturated heterocycles. The van der Waals surface area contributed by atoms with Crippen molar-refractivity contribution < 1.29 is 26.4 Å². The molecular formula is C16H16F3N3O3S. The molecule has 0 saturated carbocycles. The van der Waals surface area contributed by atoms with Crippen LogP contribution < -0.4 is 5.32 Å². The Morgan fingerprint density at radius 1 is 1.12 bits per heavy atom. The molecule has 0 bridgehead atoms. The SMILES string of the molecule is Cc1ccc(S(=O)(=O)C(C)(C)C(=O)Nc2cccc(C(F)(F)F)n2)cn1. The van der Waals surface area contributed by atoms with Gasteiger partial charge in [0.05, 0.1) is 4.90 Å². The van der Waals surface area contributed by atoms with Crippen molar-refractivity contribution in [1.82, 2.24) is 9.97 Å². The number of nitrogens with one attached hydrogen (secondary N) is 1. The maximum atomic E-state index is 12.7. The van der Waals surface area contributed by atoms with Gasteiger partial charge in [0.2, 0.25) is 5.91 Å². The highest BCUT2D eigenvalue weighted by Crippen LogP contribution is 2.29. The number of hydrogen-bond acceptors (Lipinski definition) is 5. The third-order valence-electron chi connectivity index (χ3n) is 3.69. The van der Waals surface area contributed by atoms with Gasteiger partial charge >= 0.3 is 6.18 Å². The first-order chi connectivity index (χ1) is 11.9. The number of anilines is 1. The second-order valence-corrected chi connectivity index (χ2v) is 8.51. The Hall–Kier alpha value is -2.49. The summed E-state index contributed by atoms with van der Waals surface area (Å²) in [5, 5.41) is 2.13. The zero-order valence-corrected chi connectivity index (χ0v) is 14.9. The molecule has 0 aliphatic heterocycles. The molecular weight excluding hydrogens is 371 g/mol. The highest BCUT2D eigenvalue weighted by atomic mass is 32.2. The van der Waals surface area contributed by atoms with Crippen LogP contribution in [0.5, 0.6) is 0 Å². The molecule has 0 unspecified atom stereocenters. The van der Waals surface area contributed by atoms with Crippen molar-refractivity contribution in [2.45, 2.75) is 36.6 Å². The number of sulfone groups is 1. The van der Waals surface area contributed by atoms with Crippen LogP contribution in [0.1, 0.15) is 25.2 Å². The summed E-state index contributed by atoms with van der Waals surface area (Å²) in [6.07, 6.45) is -3.56. The maximum absolute atomic E-state index is 12.7. The summed E-state index contributed by atoms with van der Waals surface area (Å²) in [7, 11) is -4.14. The van der Waals surface area contributed by atoms with Crippen LogP contribution in [0.2, 0.25) is 0 Å². The molecule has 6 nitrogen and oxygen atoms in total. The number of halogens is 3. The van der Waals surface area contributed by atoms with Gasteiger partial charge in [-0.15, -0.1) is 0 Å². The van der Waals surface area contributed by atoms with Gasteiger partial charge in [0.15, 0.2) is 9.84 Å². The zero-order chi connectivity index (χ0) is 19.8. The topological polar surface area (TPSA) is 89.0 Å². The minimum atomic E-state index is -4.68. The normalized spacial score (nSPS) is 12.7. The summed E-state index contributed by atoms with van der Waals surface area (Å²) in [5.41, 5.74) is -0.599. The number of rotatable bonds is 4. The molecule has 1 amide bonds. The first-order valence-electron chi connectivity index (χ1n) is 7.39. The van der Waals surface area contributed by atoms with Crippen LogP contribution in [0.15, 0.2) is 41.4 Å². The summed E-state index contributed by atoms with van der Waals surface area (Å²) in [6.45, 7) is 3.99. The Kier molecular flexibility index (Phi) is 5.09. The lowest BCUT2D eigenvalue weighted by atomic mass is 10.2. The highest BCUT2D eigenvalue weighted by Gasteiger charge is 2.43. The van der Waals surface area contributed by atoms with Gasteiger partial charge in [0.1, 0.15) is 16.3 Å². The first kappa shape index (κ1) is 19.8. The third kappa shape index (κ3) is 3.85. The van der Waals surface area contributed by atoms with Crippen LogP contribution in [0.4, 0.5) is 19.0 Å². The minimum Gasteiger partial charge on any atom is -0.309 e. The Morgan fingerprint density at radius 2 is 1.77 bits per heavy atom. The van der Waals surface area contributed by atoms with Crippen molar-refractivity contribution in [1.29, 1.82) is 0 Å². The quantitative estimate of drug-likeness (QED) is 0.871. The van der Waals surface area contributed by atoms with Crippen molar-refractivity contribution in [2.24, 2.45) is 0 Å². The number of amides is 1. The average molecular weight is 387 g/mol. The summed E-state index contributed by atoms with van der Waals surface area (Å²) >= 11 is 0. The van der Waals surface area contributed by atoms with E-state index in [4.69, 9.17) is 0 Å². The summed E-state index contributed by atoms with van der Waals surface area (Å²) in [4.78, 5) is 19.5. The van der Waals surface area contributed by atoms with Gasteiger partial charge in [-0.2, -0.15) is 13.2 Å². The van der Waals surface area contributed by atoms with E-state index in [0.717, 1.165) is 38.2 Å². The summed E-state index contributed by atoms with van der Waals surface area (Å²) in [6, 6.07) is 5.75. The second-order valence-electron chi connectivity index (χ2n) is 6.01. The predicted molar refractivity (Wildman–Crippen MR) is 88.1 cm³/mol. The molecule has 0 radical (unpaired) electrons. The summed E-state index contributed by atoms with van der Waals surface area (Å²) in [5.74, 6) is -1.40. The maximum Gasteiger partial charge on any atom is 0.433 e. The van der Waals surface area contributed by atoms with E-state index < -0.39 is 38.2 Å². The smallest absolute Gasteiger partial charge is 0.309 e. The third-order valence-corrected chi connectivity index (χ3v) is 6.09. The average Bonchev–Trinajstić information content (AvgIpc) is 2.54. The van der Waals surface area contributed by atoms with Gasteiger partial charge in [-0.05, 0) is 45.0 Å². The van der Waals surface area contributed by atoms with Gasteiger partial charge in [-0.25, -0.2) is 13.4 Å². The molecule has 0 aliphatic carbocycles. The monoisotopic (exact) mass is 387 g/mol. The Balaban J connectivity index is 2.32. The van der Waals surface area contributed by atoms with Crippen molar-refractivity contribution in [3.05, 3.63) is 47.9 Å². The van der Waals surface area contributed by atoms with Crippen LogP contribution in [0.3, 0.4) is 0 Å². The zero-order valence-electron chi connectivity index (χ0n) is 14.1. The number of carbonyl (C=O) groups is 1. The number of pyridine rings is 2. The fourth-order valence-corrected chi connectivity index (χ4v) is 3.28. The van der Waals surface area contributed by atoms with Crippen LogP contribution in [-0.2, 0) is 20.8 Å². The molecule has 0 aromatic carbocycles. The number of carbonyl (C=O) groups excluding carboxylic acids is 1. The lowest BCUT2D eigenvalue weighted by molar-refractivity contribution is -0.141. The molecule has 0 atom stereocenters. The van der Waals surface area contributed by atoms with Gasteiger partial charge < -0.3 is 5.32 Å². The molecule has 2 heterocycles. The van der Waals surface area contributed by atoms with E-state index >= 15 is 0 Å². The van der Waals surface area contributed by atoms with Gasteiger partial charge in [-0.3, -0.25) is 9.78 Å². The molecule has 0 fully saturated rings. The molecule has 2 aromatic heterocycles. The minimum absolute atomic E-state index is 0.166. The lowest BCUT2D eigenvalue weighted by Gasteiger charge is -2.23. The number of aryl methyl sites for hydroxylation is 1. The molecule has 2 rings (SSSR count). The van der Waals surface area contributed by atoms with Gasteiger partial charge in [0.25, 0.3) is 0 Å². The van der Waals surface area contributed by atoms with Crippen LogP contribution >= 0.6 is 0 Å². The Morgan fingerprint density at radius 3 is 2.31 bits per heavy atom. The molecule has 10 heteroatoms. The fourth-order valence-electron chi connectivity index (χ4n) is 1.96. The van der Waals surface area contributed by atoms with E-state index in [1.807, 2.05) is 0 Å². The molecule has 0 spiro atoms. The Bertz CT molecular complexity index is 924. The van der Waals surface area contributed by atoms with E-state index in [-0.39, 0.29) is 4.90 Å². The fraction of sp³-hybridized carbons (Fsp3) is 0.312. The lowest BCUT2D eigenvalue weighted by Crippen LogP contribution is -2.44. The van der Waals surface area contributed by atoms with Crippen LogP contribution in [0.25, 0.3) is 0 Å². The van der Waals surface area contributed by atoms with E-state index in [9.17, 15) is 26.4 Å². The molecule has 1 N–H and O–H groups in total. The van der Waals surface area contributed by atoms with Crippen LogP contribution in [-0.4, -0.2) is 29.0 Å². The number of nitrogens with zero attached hydrogens (tertiary/aromatic N) is 2. The van der Waals surface area contributed by atoms with Crippen LogP contribution in [0, 0.1) is 6.92 Å². The number of hydrogen-bond donors (Lipinski definition) is 1. The molecule has 2 aromatic rings. The van der Waals surface area contributed by atoms with Crippen molar-refractivity contribution in [2.75, 3.05) is 5.32 Å². The van der Waals surface area contributed by atoms with Crippen molar-refractivity contribution >= 4 is 21.6 Å². The van der Waals surface area contributed by atoms with E-state index in [0.29, 0.717) is 5.69 Å². The van der Waals surface area contributed by atoms with Crippen molar-refractivity contribution in [3.8, 4) is 0 Å². The number of aromatic nitrogens is 2. The first-order valence-corrected chi connectivity index (χ1v) is 8.87. The molecule has 26 heavy (non-hydrogen) atoms. The van der Waals surface area contributed by atoms with Gasteiger partial charge in [0, 0.05) is 11.9 Å². The van der Waals surface area contributed by atoms with Crippen molar-refractivity contribution in [3.63, 3.8) is 0 Å². The summed E-state index contributed by atoms with van der Waals surface area (Å²) < 4.78 is 61.6. The Labute approximate surface area is 148 Å². The van der Waals surface area contributed by atoms with E-state index in [2.05, 4.69) is 15.3 Å². The van der Waals surface area contributed by atoms with E-state index in [1.165, 1.54) is 12.1 Å². The number of alkyl halides is 3. The predicted octanol–water partition coefficient (Wildman–Crippen LogP) is 2.99. The largest absolute Gasteiger partial charge is 0.433 e. The molecule has 0 aliphatic rings. The second kappa shape index (κ2) is 6.67. The van der Waals surface area contributed by atoms with Gasteiger partial charge in [-0.1, -0.05) is 6.07 Å². The highest BCUT2D eigenvalue weighted by molar-refractivity contribution is 7.93. The van der Waals surface area contributed by atoms with E-state index in [1.54, 1.807) is 6.92 Å². The molecule has 140 valence electrons.